The molecule has 0 heterocycles. The third-order valence-corrected chi connectivity index (χ3v) is 12.8. The van der Waals surface area contributed by atoms with Crippen LogP contribution in [0.3, 0.4) is 0 Å². The number of hydrogen-bond acceptors (Lipinski definition) is 2. The van der Waals surface area contributed by atoms with Gasteiger partial charge in [-0.05, 0) is 77.7 Å². The molecule has 5 rings (SSSR count). The Bertz CT molecular complexity index is 1120. The maximum atomic E-state index is 12.2. The molecule has 4 aliphatic rings. The van der Waals surface area contributed by atoms with E-state index in [0.717, 1.165) is 49.9 Å². The Hall–Kier alpha value is -2.02. The first-order chi connectivity index (χ1) is 16.0. The van der Waals surface area contributed by atoms with E-state index in [9.17, 15) is 5.11 Å². The summed E-state index contributed by atoms with van der Waals surface area (Å²) in [5.74, 6) is 6.27. The van der Waals surface area contributed by atoms with Crippen LogP contribution in [0.25, 0.3) is 0 Å². The molecule has 2 nitrogen and oxygen atoms in total. The maximum Gasteiger partial charge on any atom is 0.162 e. The molecule has 1 N–H and O–H groups in total. The van der Waals surface area contributed by atoms with Crippen molar-refractivity contribution in [2.24, 2.45) is 28.6 Å². The molecule has 2 saturated carbocycles. The van der Waals surface area contributed by atoms with Gasteiger partial charge in [-0.2, -0.15) is 0 Å². The van der Waals surface area contributed by atoms with E-state index in [4.69, 9.17) is 4.74 Å². The fourth-order valence-electron chi connectivity index (χ4n) is 7.83. The number of fused-ring (bicyclic) bond motifs is 5. The molecule has 3 heteroatoms. The van der Waals surface area contributed by atoms with Crippen molar-refractivity contribution in [3.8, 4) is 11.5 Å². The largest absolute Gasteiger partial charge is 0.501 e. The summed E-state index contributed by atoms with van der Waals surface area (Å²) < 4.78 is 5.60. The van der Waals surface area contributed by atoms with Gasteiger partial charge in [0.25, 0.3) is 0 Å². The molecule has 6 atom stereocenters. The van der Waals surface area contributed by atoms with Crippen molar-refractivity contribution in [1.29, 1.82) is 0 Å². The number of methoxy groups -OCH3 is 1. The Balaban J connectivity index is 1.48. The molecular formula is C31H40O2Si. The van der Waals surface area contributed by atoms with Crippen LogP contribution in [-0.2, 0) is 4.74 Å². The Labute approximate surface area is 207 Å². The van der Waals surface area contributed by atoms with E-state index in [-0.39, 0.29) is 10.8 Å². The van der Waals surface area contributed by atoms with E-state index in [1.54, 1.807) is 7.11 Å². The summed E-state index contributed by atoms with van der Waals surface area (Å²) in [4.78, 5) is 0. The molecule has 1 aromatic carbocycles. The molecule has 0 aromatic heterocycles. The van der Waals surface area contributed by atoms with Crippen LogP contribution in [0.2, 0.25) is 13.1 Å². The number of rotatable bonds is 2. The van der Waals surface area contributed by atoms with Crippen molar-refractivity contribution in [3.63, 3.8) is 0 Å². The first-order valence-electron chi connectivity index (χ1n) is 13.0. The van der Waals surface area contributed by atoms with Gasteiger partial charge in [-0.1, -0.05) is 75.8 Å². The van der Waals surface area contributed by atoms with Crippen LogP contribution in [0, 0.1) is 40.0 Å². The minimum absolute atomic E-state index is 0.211. The van der Waals surface area contributed by atoms with Crippen LogP contribution in [0.15, 0.2) is 66.0 Å². The fraction of sp³-hybridized carbons (Fsp3) is 0.548. The van der Waals surface area contributed by atoms with Gasteiger partial charge in [0.15, 0.2) is 13.7 Å². The van der Waals surface area contributed by atoms with E-state index >= 15 is 0 Å². The smallest absolute Gasteiger partial charge is 0.162 e. The first kappa shape index (κ1) is 23.7. The molecule has 4 aliphatic carbocycles. The molecule has 180 valence electrons. The van der Waals surface area contributed by atoms with Crippen LogP contribution in [0.5, 0.6) is 0 Å². The van der Waals surface area contributed by atoms with Crippen LogP contribution >= 0.6 is 0 Å². The minimum atomic E-state index is -1.98. The third-order valence-electron chi connectivity index (χ3n) is 10.2. The average molecular weight is 473 g/mol. The third kappa shape index (κ3) is 3.33. The quantitative estimate of drug-likeness (QED) is 0.318. The van der Waals surface area contributed by atoms with Crippen LogP contribution < -0.4 is 5.19 Å². The monoisotopic (exact) mass is 472 g/mol. The molecule has 2 fully saturated rings. The average Bonchev–Trinajstić information content (AvgIpc) is 3.04. The molecule has 0 spiro atoms. The summed E-state index contributed by atoms with van der Waals surface area (Å²) in [6, 6.07) is 10.6. The highest BCUT2D eigenvalue weighted by atomic mass is 28.3. The van der Waals surface area contributed by atoms with Gasteiger partial charge in [-0.3, -0.25) is 0 Å². The molecule has 0 radical (unpaired) electrons. The zero-order chi connectivity index (χ0) is 24.4. The van der Waals surface area contributed by atoms with E-state index in [0.29, 0.717) is 17.8 Å². The van der Waals surface area contributed by atoms with Crippen LogP contribution in [0.1, 0.15) is 52.4 Å². The predicted molar refractivity (Wildman–Crippen MR) is 143 cm³/mol. The molecule has 0 amide bonds. The molecule has 0 aliphatic heterocycles. The van der Waals surface area contributed by atoms with Gasteiger partial charge in [0.1, 0.15) is 0 Å². The second kappa shape index (κ2) is 8.00. The number of allylic oxidation sites excluding steroid dienone is 4. The lowest BCUT2D eigenvalue weighted by Crippen LogP contribution is -2.54. The molecule has 34 heavy (non-hydrogen) atoms. The predicted octanol–water partition coefficient (Wildman–Crippen LogP) is 6.14. The van der Waals surface area contributed by atoms with Crippen LogP contribution in [0.4, 0.5) is 0 Å². The topological polar surface area (TPSA) is 29.5 Å². The van der Waals surface area contributed by atoms with Crippen molar-refractivity contribution >= 4 is 13.3 Å². The van der Waals surface area contributed by atoms with Gasteiger partial charge in [0.2, 0.25) is 0 Å². The van der Waals surface area contributed by atoms with Gasteiger partial charge in [0.05, 0.1) is 12.9 Å². The fourth-order valence-corrected chi connectivity index (χ4v) is 9.49. The maximum absolute atomic E-state index is 12.2. The normalized spacial score (nSPS) is 39.0. The van der Waals surface area contributed by atoms with Gasteiger partial charge in [-0.15, -0.1) is 5.54 Å². The van der Waals surface area contributed by atoms with Gasteiger partial charge < -0.3 is 9.84 Å². The van der Waals surface area contributed by atoms with Crippen LogP contribution in [-0.4, -0.2) is 25.9 Å². The second-order valence-corrected chi connectivity index (χ2v) is 16.3. The number of hydrogen-bond donors (Lipinski definition) is 1. The minimum Gasteiger partial charge on any atom is -0.501 e. The zero-order valence-electron chi connectivity index (χ0n) is 21.6. The number of ether oxygens (including phenoxy) is 1. The van der Waals surface area contributed by atoms with Gasteiger partial charge in [-0.25, -0.2) is 0 Å². The van der Waals surface area contributed by atoms with E-state index in [1.165, 1.54) is 10.8 Å². The molecule has 0 unspecified atom stereocenters. The summed E-state index contributed by atoms with van der Waals surface area (Å²) >= 11 is 0. The lowest BCUT2D eigenvalue weighted by molar-refractivity contribution is -0.0854. The SMILES string of the molecule is C=C1C[C@H]2[C@@H]3CC=C4C=C(OC)CC[C@]4(C)[C@H]3CC[C@]2(C)[C@]1(O)C#C[Si](C)(C)c1ccccc1. The number of aliphatic hydroxyl groups is 1. The lowest BCUT2D eigenvalue weighted by Gasteiger charge is -2.57. The van der Waals surface area contributed by atoms with E-state index in [1.807, 2.05) is 0 Å². The van der Waals surface area contributed by atoms with Gasteiger partial charge in [0, 0.05) is 11.8 Å². The van der Waals surface area contributed by atoms with Crippen molar-refractivity contribution in [2.45, 2.75) is 71.1 Å². The molecule has 0 saturated heterocycles. The molecule has 0 bridgehead atoms. The summed E-state index contributed by atoms with van der Waals surface area (Å²) in [5, 5.41) is 13.5. The van der Waals surface area contributed by atoms with Gasteiger partial charge >= 0.3 is 0 Å². The molecular weight excluding hydrogens is 432 g/mol. The summed E-state index contributed by atoms with van der Waals surface area (Å²) in [6.45, 7) is 13.8. The summed E-state index contributed by atoms with van der Waals surface area (Å²) in [7, 11) is -0.191. The standard InChI is InChI=1S/C31H40O2Si/c1-22-20-28-26-13-12-23-21-24(33-4)14-16-29(23,2)27(26)15-17-30(28,3)31(22,32)18-19-34(5,6)25-10-8-7-9-11-25/h7-12,21,26-28,32H,1,13-17,20H2,2-6H3/t26-,27+,28+,29+,30+,31+/m1/s1. The van der Waals surface area contributed by atoms with Crippen molar-refractivity contribution in [1.82, 2.24) is 0 Å². The van der Waals surface area contributed by atoms with Crippen molar-refractivity contribution < 1.29 is 9.84 Å². The highest BCUT2D eigenvalue weighted by Gasteiger charge is 2.64. The zero-order valence-corrected chi connectivity index (χ0v) is 22.6. The highest BCUT2D eigenvalue weighted by molar-refractivity contribution is 6.96. The van der Waals surface area contributed by atoms with Crippen molar-refractivity contribution in [3.05, 3.63) is 66.0 Å². The second-order valence-electron chi connectivity index (χ2n) is 12.2. The summed E-state index contributed by atoms with van der Waals surface area (Å²) in [5.41, 5.74) is 4.93. The lowest BCUT2D eigenvalue weighted by atomic mass is 9.47. The molecule has 1 aromatic rings. The van der Waals surface area contributed by atoms with E-state index in [2.05, 4.69) is 87.5 Å². The Kier molecular flexibility index (Phi) is 5.58. The first-order valence-corrected chi connectivity index (χ1v) is 16.0. The Morgan fingerprint density at radius 3 is 2.56 bits per heavy atom. The Morgan fingerprint density at radius 2 is 1.85 bits per heavy atom. The van der Waals surface area contributed by atoms with Crippen molar-refractivity contribution in [2.75, 3.05) is 7.11 Å². The Morgan fingerprint density at radius 1 is 1.12 bits per heavy atom. The summed E-state index contributed by atoms with van der Waals surface area (Å²) in [6.07, 6.45) is 11.1. The van der Waals surface area contributed by atoms with E-state index < -0.39 is 13.7 Å². The highest BCUT2D eigenvalue weighted by Crippen LogP contribution is 2.67. The number of benzene rings is 1.